The zero-order valence-electron chi connectivity index (χ0n) is 45.4. The zero-order valence-corrected chi connectivity index (χ0v) is 47.0. The van der Waals surface area contributed by atoms with Crippen LogP contribution in [0.1, 0.15) is 121 Å². The van der Waals surface area contributed by atoms with Gasteiger partial charge in [0.25, 0.3) is 5.91 Å². The van der Waals surface area contributed by atoms with Gasteiger partial charge in [-0.1, -0.05) is 74.0 Å². The van der Waals surface area contributed by atoms with Gasteiger partial charge in [-0.15, -0.1) is 21.5 Å². The summed E-state index contributed by atoms with van der Waals surface area (Å²) >= 11 is 7.94. The predicted molar refractivity (Wildman–Crippen MR) is 295 cm³/mol. The maximum Gasteiger partial charge on any atom is 0.316 e. The van der Waals surface area contributed by atoms with E-state index in [9.17, 15) is 19.2 Å². The van der Waals surface area contributed by atoms with Crippen LogP contribution in [-0.2, 0) is 38.1 Å². The summed E-state index contributed by atoms with van der Waals surface area (Å²) in [5.74, 6) is 0.765. The number of aromatic nitrogens is 3. The Hall–Kier alpha value is -6.30. The molecule has 1 amide bonds. The fraction of sp³-hybridized carbons (Fsp3) is 0.459. The minimum atomic E-state index is -0.871. The maximum absolute atomic E-state index is 13.7. The van der Waals surface area contributed by atoms with Crippen LogP contribution >= 0.6 is 22.9 Å². The van der Waals surface area contributed by atoms with Gasteiger partial charge in [-0.25, -0.2) is 0 Å². The second kappa shape index (κ2) is 20.7. The number of nitrogens with one attached hydrogen (secondary N) is 1. The Morgan fingerprint density at radius 1 is 0.923 bits per heavy atom. The first-order valence-corrected chi connectivity index (χ1v) is 28.1. The fourth-order valence-electron chi connectivity index (χ4n) is 14.1. The number of nitrogens with zero attached hydrogens (tertiary/aromatic N) is 4. The lowest BCUT2D eigenvalue weighted by Crippen LogP contribution is -2.64. The lowest BCUT2D eigenvalue weighted by molar-refractivity contribution is -0.180. The van der Waals surface area contributed by atoms with Crippen LogP contribution in [0, 0.1) is 48.9 Å². The van der Waals surface area contributed by atoms with E-state index in [1.165, 1.54) is 12.0 Å². The molecule has 3 aliphatic heterocycles. The minimum absolute atomic E-state index is 0.0440. The number of ketones is 1. The Labute approximate surface area is 463 Å². The largest absolute Gasteiger partial charge is 0.469 e. The molecule has 5 aromatic rings. The third-order valence-corrected chi connectivity index (χ3v) is 19.5. The predicted octanol–water partition coefficient (Wildman–Crippen LogP) is 10.7. The molecule has 0 radical (unpaired) electrons. The van der Waals surface area contributed by atoms with Crippen molar-refractivity contribution in [3.05, 3.63) is 146 Å². The van der Waals surface area contributed by atoms with Crippen molar-refractivity contribution < 1.29 is 47.3 Å². The summed E-state index contributed by atoms with van der Waals surface area (Å²) in [6, 6.07) is 16.5. The van der Waals surface area contributed by atoms with Gasteiger partial charge in [0, 0.05) is 86.4 Å². The smallest absolute Gasteiger partial charge is 0.316 e. The van der Waals surface area contributed by atoms with Crippen molar-refractivity contribution in [1.82, 2.24) is 20.1 Å². The first kappa shape index (κ1) is 53.7. The van der Waals surface area contributed by atoms with E-state index in [-0.39, 0.29) is 60.3 Å². The number of hydrogen-bond donors (Lipinski definition) is 1. The van der Waals surface area contributed by atoms with Crippen molar-refractivity contribution in [3.63, 3.8) is 0 Å². The van der Waals surface area contributed by atoms with Gasteiger partial charge in [0.15, 0.2) is 5.82 Å². The van der Waals surface area contributed by atoms with Crippen molar-refractivity contribution in [1.29, 1.82) is 0 Å². The number of carbonyl (C=O) groups is 4. The fourth-order valence-corrected chi connectivity index (χ4v) is 15.5. The van der Waals surface area contributed by atoms with Gasteiger partial charge in [-0.3, -0.25) is 28.7 Å². The van der Waals surface area contributed by atoms with Gasteiger partial charge in [-0.05, 0) is 100 Å². The Balaban J connectivity index is 0.656. The number of hydrogen-bond acceptors (Lipinski definition) is 14. The van der Waals surface area contributed by atoms with Crippen molar-refractivity contribution in [2.75, 3.05) is 40.1 Å². The van der Waals surface area contributed by atoms with Crippen molar-refractivity contribution in [2.45, 2.75) is 111 Å². The molecule has 408 valence electrons. The van der Waals surface area contributed by atoms with E-state index < -0.39 is 34.5 Å². The van der Waals surface area contributed by atoms with Crippen LogP contribution in [0.4, 0.5) is 0 Å². The lowest BCUT2D eigenvalue weighted by Gasteiger charge is -2.60. The molecule has 6 aliphatic rings. The Morgan fingerprint density at radius 3 is 2.40 bits per heavy atom. The highest BCUT2D eigenvalue weighted by Crippen LogP contribution is 2.73. The van der Waals surface area contributed by atoms with Gasteiger partial charge in [0.05, 0.1) is 56.8 Å². The van der Waals surface area contributed by atoms with Crippen LogP contribution < -0.4 is 5.32 Å². The molecule has 11 rings (SSSR count). The SMILES string of the molecule is C=C1C=C[C@@]2(C)C(=O)O[C@H]3[C@H]4O[C@@H]5C[C@@H](c6ccoc6-c6ccc(C(=O)NCCOCCOCCCC(=O)C[C@@H]7N=C(c8ccc(Cl)cc8)c8c(sc(C)c8C)-n8c(C)nnc87)cc6)C(C)=C5[C@@]4(C)[C@H](CC(=O)OC)[C@]1(C)[C@@H]32. The topological polar surface area (TPSA) is 183 Å². The number of fused-ring (bicyclic) bond motifs is 7. The number of halogens is 1. The van der Waals surface area contributed by atoms with Crippen LogP contribution in [-0.4, -0.2) is 102 Å². The number of esters is 2. The average molecular weight is 1100 g/mol. The van der Waals surface area contributed by atoms with E-state index in [4.69, 9.17) is 44.7 Å². The molecule has 0 unspecified atom stereocenters. The van der Waals surface area contributed by atoms with Gasteiger partial charge >= 0.3 is 11.9 Å². The molecule has 10 atom stereocenters. The Kier molecular flexibility index (Phi) is 14.3. The summed E-state index contributed by atoms with van der Waals surface area (Å²) in [7, 11) is 1.42. The molecule has 2 aromatic carbocycles. The Morgan fingerprint density at radius 2 is 1.65 bits per heavy atom. The third-order valence-electron chi connectivity index (χ3n) is 18.1. The number of thiophene rings is 1. The highest BCUT2D eigenvalue weighted by molar-refractivity contribution is 7.15. The van der Waals surface area contributed by atoms with E-state index in [1.54, 1.807) is 29.7 Å². The third kappa shape index (κ3) is 8.77. The number of Topliss-reactive ketones (excluding diaryl/α,β-unsaturated/α-hetero) is 1. The molecule has 1 N–H and O–H groups in total. The molecule has 3 aromatic heterocycles. The number of allylic oxidation sites excluding steroid dienone is 3. The van der Waals surface area contributed by atoms with Gasteiger partial charge < -0.3 is 33.4 Å². The number of rotatable bonds is 18. The number of furan rings is 1. The second-order valence-corrected chi connectivity index (χ2v) is 24.0. The minimum Gasteiger partial charge on any atom is -0.469 e. The van der Waals surface area contributed by atoms with E-state index in [0.717, 1.165) is 61.1 Å². The van der Waals surface area contributed by atoms with Gasteiger partial charge in [-0.2, -0.15) is 0 Å². The molecule has 3 fully saturated rings. The van der Waals surface area contributed by atoms with Crippen molar-refractivity contribution in [2.24, 2.45) is 33.1 Å². The second-order valence-electron chi connectivity index (χ2n) is 22.3. The van der Waals surface area contributed by atoms with Crippen LogP contribution in [0.2, 0.25) is 5.02 Å². The molecule has 0 spiro atoms. The highest BCUT2D eigenvalue weighted by Gasteiger charge is 2.76. The molecule has 3 aliphatic carbocycles. The average Bonchev–Trinajstić information content (AvgIpc) is 2.66. The molecule has 0 bridgehead atoms. The van der Waals surface area contributed by atoms with Crippen LogP contribution in [0.15, 0.2) is 106 Å². The zero-order chi connectivity index (χ0) is 55.0. The summed E-state index contributed by atoms with van der Waals surface area (Å²) in [6.07, 6.45) is 6.22. The number of aliphatic imine (C=N–C) groups is 1. The van der Waals surface area contributed by atoms with Crippen molar-refractivity contribution >= 4 is 52.3 Å². The van der Waals surface area contributed by atoms with Crippen LogP contribution in [0.5, 0.6) is 0 Å². The first-order chi connectivity index (χ1) is 37.4. The number of carbonyl (C=O) groups excluding carboxylic acids is 4. The highest BCUT2D eigenvalue weighted by atomic mass is 35.5. The monoisotopic (exact) mass is 1100 g/mol. The lowest BCUT2D eigenvalue weighted by atomic mass is 9.41. The number of methoxy groups -OCH3 is 1. The standard InChI is InChI=1S/C61H66ClN5O10S/c1-32-20-22-59(6)53-52(77-58(59)71)54-61(8,46(60(32,53)7)31-47(69)72-9)49-34(3)43(30-45(49)76-54)42-21-25-75-51(42)38-12-14-39(15-13-38)56(70)63-23-26-74-28-27-73-24-10-11-41(68)29-44-55-66-65-36(5)67(55)57-48(33(2)35(4)78-57)50(64-44)37-16-18-40(62)19-17-37/h12-22,25,43-46,52-54H,1,10-11,23-24,26-31H2,2-9H3,(H,63,70)/t43-,44+,45-,46-,52-,53+,54-,59-,60-,61-/m1/s1. The van der Waals surface area contributed by atoms with Gasteiger partial charge in [0.1, 0.15) is 40.6 Å². The summed E-state index contributed by atoms with van der Waals surface area (Å²) in [4.78, 5) is 60.1. The molecule has 78 heavy (non-hydrogen) atoms. The molecule has 2 saturated heterocycles. The molecule has 15 nitrogen and oxygen atoms in total. The molecule has 6 heterocycles. The number of benzene rings is 2. The van der Waals surface area contributed by atoms with E-state index >= 15 is 0 Å². The van der Waals surface area contributed by atoms with E-state index in [0.29, 0.717) is 74.4 Å². The summed E-state index contributed by atoms with van der Waals surface area (Å²) in [5, 5.41) is 13.5. The number of ether oxygens (including phenoxy) is 5. The molecule has 1 saturated carbocycles. The number of amides is 1. The first-order valence-electron chi connectivity index (χ1n) is 26.9. The maximum atomic E-state index is 13.7. The van der Waals surface area contributed by atoms with E-state index in [1.807, 2.05) is 68.5 Å². The van der Waals surface area contributed by atoms with Crippen molar-refractivity contribution in [3.8, 4) is 16.3 Å². The molecular formula is C61H66ClN5O10S. The molecular weight excluding hydrogens is 1030 g/mol. The summed E-state index contributed by atoms with van der Waals surface area (Å²) in [5.41, 5.74) is 7.20. The normalized spacial score (nSPS) is 28.3. The molecule has 17 heteroatoms. The van der Waals surface area contributed by atoms with Crippen LogP contribution in [0.25, 0.3) is 16.3 Å². The summed E-state index contributed by atoms with van der Waals surface area (Å²) < 4.78 is 38.5. The number of aryl methyl sites for hydroxylation is 2. The van der Waals surface area contributed by atoms with E-state index in [2.05, 4.69) is 61.3 Å². The van der Waals surface area contributed by atoms with Crippen LogP contribution in [0.3, 0.4) is 0 Å². The van der Waals surface area contributed by atoms with Gasteiger partial charge in [0.2, 0.25) is 0 Å². The Bertz CT molecular complexity index is 3330. The summed E-state index contributed by atoms with van der Waals surface area (Å²) in [6.45, 7) is 20.8. The quantitative estimate of drug-likeness (QED) is 0.0499.